The topological polar surface area (TPSA) is 55.6 Å². The van der Waals surface area contributed by atoms with E-state index in [1.165, 1.54) is 0 Å². The van der Waals surface area contributed by atoms with Crippen LogP contribution in [0.5, 0.6) is 0 Å². The average Bonchev–Trinajstić information content (AvgIpc) is 2.09. The standard InChI is InChI=1S/C8H14N2O2/c1-7(4-9)5-10-2-3-12-6-8(10)11/h1-6,9H2. The number of morpholine rings is 1. The number of amides is 1. The molecule has 1 amide bonds. The molecule has 0 spiro atoms. The first kappa shape index (κ1) is 9.22. The molecule has 1 saturated heterocycles. The molecule has 0 atom stereocenters. The highest BCUT2D eigenvalue weighted by atomic mass is 16.5. The maximum Gasteiger partial charge on any atom is 0.248 e. The van der Waals surface area contributed by atoms with Gasteiger partial charge in [0.2, 0.25) is 5.91 Å². The fourth-order valence-corrected chi connectivity index (χ4v) is 1.05. The molecule has 0 unspecified atom stereocenters. The van der Waals surface area contributed by atoms with E-state index in [2.05, 4.69) is 6.58 Å². The Hall–Kier alpha value is -0.870. The molecule has 1 aliphatic rings. The van der Waals surface area contributed by atoms with E-state index in [-0.39, 0.29) is 12.5 Å². The number of hydrogen-bond acceptors (Lipinski definition) is 3. The lowest BCUT2D eigenvalue weighted by atomic mass is 10.2. The first-order valence-electron chi connectivity index (χ1n) is 3.96. The molecule has 4 nitrogen and oxygen atoms in total. The fraction of sp³-hybridized carbons (Fsp3) is 0.625. The summed E-state index contributed by atoms with van der Waals surface area (Å²) in [6.07, 6.45) is 0. The van der Waals surface area contributed by atoms with Gasteiger partial charge in [-0.25, -0.2) is 0 Å². The van der Waals surface area contributed by atoms with E-state index in [1.54, 1.807) is 4.90 Å². The largest absolute Gasteiger partial charge is 0.370 e. The molecule has 0 bridgehead atoms. The second-order valence-corrected chi connectivity index (χ2v) is 2.82. The zero-order chi connectivity index (χ0) is 8.97. The molecule has 0 radical (unpaired) electrons. The Morgan fingerprint density at radius 1 is 1.75 bits per heavy atom. The van der Waals surface area contributed by atoms with Crippen LogP contribution in [0.4, 0.5) is 0 Å². The van der Waals surface area contributed by atoms with Crippen LogP contribution in [0.3, 0.4) is 0 Å². The summed E-state index contributed by atoms with van der Waals surface area (Å²) in [6.45, 7) is 6.20. The Labute approximate surface area is 72.0 Å². The van der Waals surface area contributed by atoms with Gasteiger partial charge in [0.15, 0.2) is 0 Å². The second-order valence-electron chi connectivity index (χ2n) is 2.82. The summed E-state index contributed by atoms with van der Waals surface area (Å²) in [4.78, 5) is 12.9. The number of rotatable bonds is 3. The average molecular weight is 170 g/mol. The van der Waals surface area contributed by atoms with Crippen molar-refractivity contribution in [2.75, 3.05) is 32.8 Å². The predicted octanol–water partition coefficient (Wildman–Crippen LogP) is -0.640. The Morgan fingerprint density at radius 2 is 2.50 bits per heavy atom. The molecular formula is C8H14N2O2. The number of carbonyl (C=O) groups excluding carboxylic acids is 1. The molecule has 0 aliphatic carbocycles. The summed E-state index contributed by atoms with van der Waals surface area (Å²) in [6, 6.07) is 0. The Balaban J connectivity index is 2.39. The van der Waals surface area contributed by atoms with Gasteiger partial charge in [0.25, 0.3) is 0 Å². The predicted molar refractivity (Wildman–Crippen MR) is 45.6 cm³/mol. The molecule has 0 saturated carbocycles. The minimum Gasteiger partial charge on any atom is -0.370 e. The van der Waals surface area contributed by atoms with Crippen molar-refractivity contribution in [3.8, 4) is 0 Å². The van der Waals surface area contributed by atoms with Crippen LogP contribution in [-0.2, 0) is 9.53 Å². The number of carbonyl (C=O) groups is 1. The molecule has 0 aromatic rings. The second kappa shape index (κ2) is 4.23. The SMILES string of the molecule is C=C(CN)CN1CCOCC1=O. The van der Waals surface area contributed by atoms with Gasteiger partial charge >= 0.3 is 0 Å². The van der Waals surface area contributed by atoms with Gasteiger partial charge in [0.1, 0.15) is 6.61 Å². The molecule has 4 heteroatoms. The van der Waals surface area contributed by atoms with E-state index >= 15 is 0 Å². The van der Waals surface area contributed by atoms with Crippen LogP contribution >= 0.6 is 0 Å². The molecule has 0 aromatic heterocycles. The smallest absolute Gasteiger partial charge is 0.248 e. The van der Waals surface area contributed by atoms with Crippen LogP contribution in [0.1, 0.15) is 0 Å². The molecule has 1 heterocycles. The van der Waals surface area contributed by atoms with Crippen molar-refractivity contribution < 1.29 is 9.53 Å². The van der Waals surface area contributed by atoms with E-state index in [1.807, 2.05) is 0 Å². The quantitative estimate of drug-likeness (QED) is 0.573. The molecule has 68 valence electrons. The van der Waals surface area contributed by atoms with Gasteiger partial charge in [0.05, 0.1) is 6.61 Å². The van der Waals surface area contributed by atoms with E-state index < -0.39 is 0 Å². The number of nitrogens with zero attached hydrogens (tertiary/aromatic N) is 1. The number of nitrogens with two attached hydrogens (primary N) is 1. The van der Waals surface area contributed by atoms with Gasteiger partial charge in [-0.05, 0) is 5.57 Å². The summed E-state index contributed by atoms with van der Waals surface area (Å²) < 4.78 is 4.98. The van der Waals surface area contributed by atoms with Crippen molar-refractivity contribution >= 4 is 5.91 Å². The van der Waals surface area contributed by atoms with E-state index in [4.69, 9.17) is 10.5 Å². The van der Waals surface area contributed by atoms with Gasteiger partial charge in [-0.2, -0.15) is 0 Å². The van der Waals surface area contributed by atoms with Crippen molar-refractivity contribution in [3.05, 3.63) is 12.2 Å². The lowest BCUT2D eigenvalue weighted by Crippen LogP contribution is -2.42. The van der Waals surface area contributed by atoms with Crippen molar-refractivity contribution in [3.63, 3.8) is 0 Å². The third-order valence-electron chi connectivity index (χ3n) is 1.79. The monoisotopic (exact) mass is 170 g/mol. The minimum atomic E-state index is 0.0239. The van der Waals surface area contributed by atoms with Crippen LogP contribution in [-0.4, -0.2) is 43.7 Å². The lowest BCUT2D eigenvalue weighted by Gasteiger charge is -2.27. The van der Waals surface area contributed by atoms with E-state index in [9.17, 15) is 4.79 Å². The van der Waals surface area contributed by atoms with E-state index in [0.717, 1.165) is 5.57 Å². The molecule has 0 aromatic carbocycles. The summed E-state index contributed by atoms with van der Waals surface area (Å²) in [5.41, 5.74) is 6.25. The normalized spacial score (nSPS) is 18.1. The summed E-state index contributed by atoms with van der Waals surface area (Å²) >= 11 is 0. The maximum atomic E-state index is 11.2. The van der Waals surface area contributed by atoms with Gasteiger partial charge in [-0.1, -0.05) is 6.58 Å². The van der Waals surface area contributed by atoms with Gasteiger partial charge in [0, 0.05) is 19.6 Å². The zero-order valence-electron chi connectivity index (χ0n) is 7.08. The highest BCUT2D eigenvalue weighted by Crippen LogP contribution is 2.01. The van der Waals surface area contributed by atoms with Crippen molar-refractivity contribution in [1.82, 2.24) is 4.90 Å². The first-order chi connectivity index (χ1) is 5.74. The maximum absolute atomic E-state index is 11.2. The third-order valence-corrected chi connectivity index (χ3v) is 1.79. The number of ether oxygens (including phenoxy) is 1. The zero-order valence-corrected chi connectivity index (χ0v) is 7.08. The molecule has 12 heavy (non-hydrogen) atoms. The first-order valence-corrected chi connectivity index (χ1v) is 3.96. The Kier molecular flexibility index (Phi) is 3.25. The summed E-state index contributed by atoms with van der Waals surface area (Å²) in [7, 11) is 0. The van der Waals surface area contributed by atoms with Gasteiger partial charge < -0.3 is 15.4 Å². The molecular weight excluding hydrogens is 156 g/mol. The van der Waals surface area contributed by atoms with Crippen LogP contribution in [0.15, 0.2) is 12.2 Å². The number of hydrogen-bond donors (Lipinski definition) is 1. The molecule has 2 N–H and O–H groups in total. The fourth-order valence-electron chi connectivity index (χ4n) is 1.05. The van der Waals surface area contributed by atoms with Crippen molar-refractivity contribution in [2.45, 2.75) is 0 Å². The van der Waals surface area contributed by atoms with Crippen molar-refractivity contribution in [1.29, 1.82) is 0 Å². The molecule has 1 rings (SSSR count). The van der Waals surface area contributed by atoms with Crippen LogP contribution in [0, 0.1) is 0 Å². The Morgan fingerprint density at radius 3 is 3.08 bits per heavy atom. The minimum absolute atomic E-state index is 0.0239. The van der Waals surface area contributed by atoms with Crippen LogP contribution in [0.2, 0.25) is 0 Å². The van der Waals surface area contributed by atoms with Crippen LogP contribution < -0.4 is 5.73 Å². The van der Waals surface area contributed by atoms with Crippen molar-refractivity contribution in [2.24, 2.45) is 5.73 Å². The van der Waals surface area contributed by atoms with E-state index in [0.29, 0.717) is 26.2 Å². The highest BCUT2D eigenvalue weighted by molar-refractivity contribution is 5.78. The van der Waals surface area contributed by atoms with Gasteiger partial charge in [-0.15, -0.1) is 0 Å². The Bertz CT molecular complexity index is 191. The summed E-state index contributed by atoms with van der Waals surface area (Å²) in [5, 5.41) is 0. The third kappa shape index (κ3) is 2.32. The highest BCUT2D eigenvalue weighted by Gasteiger charge is 2.18. The van der Waals surface area contributed by atoms with Gasteiger partial charge in [-0.3, -0.25) is 4.79 Å². The summed E-state index contributed by atoms with van der Waals surface area (Å²) in [5.74, 6) is 0.0239. The molecule has 1 aliphatic heterocycles. The lowest BCUT2D eigenvalue weighted by molar-refractivity contribution is -0.142. The van der Waals surface area contributed by atoms with Crippen LogP contribution in [0.25, 0.3) is 0 Å². The molecule has 1 fully saturated rings.